The summed E-state index contributed by atoms with van der Waals surface area (Å²) in [4.78, 5) is 21.4. The summed E-state index contributed by atoms with van der Waals surface area (Å²) in [7, 11) is 0. The average molecular weight is 257 g/mol. The average Bonchev–Trinajstić information content (AvgIpc) is 2.64. The lowest BCUT2D eigenvalue weighted by Crippen LogP contribution is -2.35. The number of carboxylic acids is 2. The molecule has 17 heavy (non-hydrogen) atoms. The van der Waals surface area contributed by atoms with E-state index in [-0.39, 0.29) is 6.04 Å². The van der Waals surface area contributed by atoms with Crippen molar-refractivity contribution in [3.05, 3.63) is 0 Å². The number of likely N-dealkylation sites (tertiary alicyclic amines) is 1. The number of carboxylic acid groups (broad SMARTS) is 2. The Kier molecular flexibility index (Phi) is 5.94. The number of alkyl halides is 3. The Balaban J connectivity index is 0.000000325. The topological polar surface area (TPSA) is 77.8 Å². The van der Waals surface area contributed by atoms with Gasteiger partial charge < -0.3 is 10.2 Å². The monoisotopic (exact) mass is 257 g/mol. The first kappa shape index (κ1) is 15.7. The molecular weight excluding hydrogens is 243 g/mol. The van der Waals surface area contributed by atoms with Crippen molar-refractivity contribution in [1.82, 2.24) is 4.90 Å². The SMILES string of the molecule is CCN1CCCC1C(=O)O.O=C(O)C(F)(F)F. The van der Waals surface area contributed by atoms with Crippen LogP contribution >= 0.6 is 0 Å². The maximum Gasteiger partial charge on any atom is 0.490 e. The summed E-state index contributed by atoms with van der Waals surface area (Å²) in [6.07, 6.45) is -3.23. The minimum Gasteiger partial charge on any atom is -0.480 e. The highest BCUT2D eigenvalue weighted by Gasteiger charge is 2.38. The molecule has 0 aromatic carbocycles. The highest BCUT2D eigenvalue weighted by atomic mass is 19.4. The first-order chi connectivity index (χ1) is 7.70. The van der Waals surface area contributed by atoms with Crippen LogP contribution in [0.15, 0.2) is 0 Å². The van der Waals surface area contributed by atoms with Crippen LogP contribution in [0.4, 0.5) is 13.2 Å². The predicted octanol–water partition coefficient (Wildman–Crippen LogP) is 1.19. The third kappa shape index (κ3) is 5.53. The minimum absolute atomic E-state index is 0.204. The summed E-state index contributed by atoms with van der Waals surface area (Å²) in [6, 6.07) is -0.204. The molecule has 0 aromatic heterocycles. The Labute approximate surface area is 95.8 Å². The number of nitrogens with zero attached hydrogens (tertiary/aromatic N) is 1. The van der Waals surface area contributed by atoms with Crippen LogP contribution in [0, 0.1) is 0 Å². The maximum absolute atomic E-state index is 10.6. The number of rotatable bonds is 2. The van der Waals surface area contributed by atoms with E-state index < -0.39 is 18.1 Å². The van der Waals surface area contributed by atoms with Crippen LogP contribution in [0.5, 0.6) is 0 Å². The highest BCUT2D eigenvalue weighted by Crippen LogP contribution is 2.16. The minimum atomic E-state index is -5.08. The van der Waals surface area contributed by atoms with Crippen molar-refractivity contribution in [3.8, 4) is 0 Å². The van der Waals surface area contributed by atoms with Crippen LogP contribution in [0.1, 0.15) is 19.8 Å². The number of likely N-dealkylation sites (N-methyl/N-ethyl adjacent to an activating group) is 1. The molecule has 1 rings (SSSR count). The Bertz CT molecular complexity index is 280. The summed E-state index contributed by atoms with van der Waals surface area (Å²) in [5.74, 6) is -3.42. The van der Waals surface area contributed by atoms with Crippen molar-refractivity contribution in [3.63, 3.8) is 0 Å². The van der Waals surface area contributed by atoms with E-state index in [0.717, 1.165) is 25.9 Å². The third-order valence-electron chi connectivity index (χ3n) is 2.30. The predicted molar refractivity (Wildman–Crippen MR) is 51.6 cm³/mol. The first-order valence-electron chi connectivity index (χ1n) is 4.97. The van der Waals surface area contributed by atoms with Gasteiger partial charge in [-0.05, 0) is 25.9 Å². The van der Waals surface area contributed by atoms with Gasteiger partial charge in [-0.3, -0.25) is 9.69 Å². The zero-order valence-corrected chi connectivity index (χ0v) is 9.20. The number of halogens is 3. The molecule has 2 N–H and O–H groups in total. The first-order valence-corrected chi connectivity index (χ1v) is 4.97. The molecule has 8 heteroatoms. The number of hydrogen-bond donors (Lipinski definition) is 2. The summed E-state index contributed by atoms with van der Waals surface area (Å²) >= 11 is 0. The molecular formula is C9H14F3NO4. The number of aliphatic carboxylic acids is 2. The lowest BCUT2D eigenvalue weighted by Gasteiger charge is -2.17. The molecule has 0 saturated carbocycles. The summed E-state index contributed by atoms with van der Waals surface area (Å²) in [5.41, 5.74) is 0. The Morgan fingerprint density at radius 3 is 2.06 bits per heavy atom. The molecule has 1 heterocycles. The molecule has 0 amide bonds. The maximum atomic E-state index is 10.6. The molecule has 0 aromatic rings. The fraction of sp³-hybridized carbons (Fsp3) is 0.778. The summed E-state index contributed by atoms with van der Waals surface area (Å²) in [6.45, 7) is 3.81. The normalized spacial score (nSPS) is 20.6. The van der Waals surface area contributed by atoms with E-state index in [9.17, 15) is 18.0 Å². The Morgan fingerprint density at radius 2 is 1.82 bits per heavy atom. The fourth-order valence-electron chi connectivity index (χ4n) is 1.48. The van der Waals surface area contributed by atoms with Crippen molar-refractivity contribution < 1.29 is 33.0 Å². The van der Waals surface area contributed by atoms with E-state index in [1.807, 2.05) is 11.8 Å². The van der Waals surface area contributed by atoms with Gasteiger partial charge in [0.1, 0.15) is 6.04 Å². The van der Waals surface area contributed by atoms with E-state index in [0.29, 0.717) is 0 Å². The Hall–Kier alpha value is -1.31. The van der Waals surface area contributed by atoms with Gasteiger partial charge in [0, 0.05) is 0 Å². The van der Waals surface area contributed by atoms with Crippen LogP contribution in [0.3, 0.4) is 0 Å². The Morgan fingerprint density at radius 1 is 1.35 bits per heavy atom. The second kappa shape index (κ2) is 6.43. The molecule has 1 fully saturated rings. The van der Waals surface area contributed by atoms with E-state index in [2.05, 4.69) is 0 Å². The largest absolute Gasteiger partial charge is 0.490 e. The zero-order chi connectivity index (χ0) is 13.6. The van der Waals surface area contributed by atoms with Crippen LogP contribution < -0.4 is 0 Å². The van der Waals surface area contributed by atoms with Gasteiger partial charge in [0.05, 0.1) is 0 Å². The molecule has 1 aliphatic rings. The van der Waals surface area contributed by atoms with Crippen molar-refractivity contribution in [2.24, 2.45) is 0 Å². The van der Waals surface area contributed by atoms with Gasteiger partial charge in [-0.2, -0.15) is 13.2 Å². The standard InChI is InChI=1S/C7H13NO2.C2HF3O2/c1-2-8-5-3-4-6(8)7(9)10;3-2(4,5)1(6)7/h6H,2-5H2,1H3,(H,9,10);(H,6,7). The van der Waals surface area contributed by atoms with Gasteiger partial charge >= 0.3 is 18.1 Å². The molecule has 0 aliphatic carbocycles. The molecule has 1 saturated heterocycles. The second-order valence-electron chi connectivity index (χ2n) is 3.43. The second-order valence-corrected chi connectivity index (χ2v) is 3.43. The van der Waals surface area contributed by atoms with Gasteiger partial charge in [0.15, 0.2) is 0 Å². The van der Waals surface area contributed by atoms with E-state index in [1.165, 1.54) is 0 Å². The van der Waals surface area contributed by atoms with Crippen molar-refractivity contribution in [2.45, 2.75) is 32.0 Å². The highest BCUT2D eigenvalue weighted by molar-refractivity contribution is 5.73. The third-order valence-corrected chi connectivity index (χ3v) is 2.30. The molecule has 0 bridgehead atoms. The summed E-state index contributed by atoms with van der Waals surface area (Å²) in [5, 5.41) is 15.8. The van der Waals surface area contributed by atoms with Crippen molar-refractivity contribution in [2.75, 3.05) is 13.1 Å². The quantitative estimate of drug-likeness (QED) is 0.776. The van der Waals surface area contributed by atoms with Gasteiger partial charge in [-0.1, -0.05) is 6.92 Å². The molecule has 100 valence electrons. The molecule has 0 radical (unpaired) electrons. The lowest BCUT2D eigenvalue weighted by atomic mass is 10.2. The van der Waals surface area contributed by atoms with Crippen LogP contribution in [0.25, 0.3) is 0 Å². The van der Waals surface area contributed by atoms with E-state index in [1.54, 1.807) is 0 Å². The van der Waals surface area contributed by atoms with Gasteiger partial charge in [-0.15, -0.1) is 0 Å². The van der Waals surface area contributed by atoms with E-state index >= 15 is 0 Å². The number of hydrogen-bond acceptors (Lipinski definition) is 3. The smallest absolute Gasteiger partial charge is 0.480 e. The van der Waals surface area contributed by atoms with Gasteiger partial charge in [0.25, 0.3) is 0 Å². The van der Waals surface area contributed by atoms with Crippen LogP contribution in [-0.4, -0.2) is 52.4 Å². The van der Waals surface area contributed by atoms with Gasteiger partial charge in [-0.25, -0.2) is 4.79 Å². The van der Waals surface area contributed by atoms with Crippen molar-refractivity contribution >= 4 is 11.9 Å². The zero-order valence-electron chi connectivity index (χ0n) is 9.20. The van der Waals surface area contributed by atoms with Gasteiger partial charge in [0.2, 0.25) is 0 Å². The van der Waals surface area contributed by atoms with Crippen LogP contribution in [0.2, 0.25) is 0 Å². The molecule has 5 nitrogen and oxygen atoms in total. The molecule has 0 spiro atoms. The molecule has 1 aliphatic heterocycles. The van der Waals surface area contributed by atoms with Crippen molar-refractivity contribution in [1.29, 1.82) is 0 Å². The molecule has 1 unspecified atom stereocenters. The number of carbonyl (C=O) groups is 2. The molecule has 1 atom stereocenters. The van der Waals surface area contributed by atoms with Crippen LogP contribution in [-0.2, 0) is 9.59 Å². The summed E-state index contributed by atoms with van der Waals surface area (Å²) < 4.78 is 31.7. The lowest BCUT2D eigenvalue weighted by molar-refractivity contribution is -0.192. The fourth-order valence-corrected chi connectivity index (χ4v) is 1.48. The van der Waals surface area contributed by atoms with E-state index in [4.69, 9.17) is 15.0 Å².